The van der Waals surface area contributed by atoms with Gasteiger partial charge in [-0.05, 0) is 69.4 Å². The normalized spacial score (nSPS) is 30.4. The van der Waals surface area contributed by atoms with Crippen molar-refractivity contribution in [2.24, 2.45) is 11.8 Å². The molecule has 7 heteroatoms. The summed E-state index contributed by atoms with van der Waals surface area (Å²) >= 11 is 0. The van der Waals surface area contributed by atoms with Crippen LogP contribution in [0, 0.1) is 24.6 Å². The van der Waals surface area contributed by atoms with E-state index >= 15 is 4.39 Å². The number of aryl methyl sites for hydroxylation is 1. The predicted molar refractivity (Wildman–Crippen MR) is 145 cm³/mol. The molecule has 0 bridgehead atoms. The topological polar surface area (TPSA) is 64.7 Å². The number of nitrogens with one attached hydrogen (secondary N) is 2. The van der Waals surface area contributed by atoms with E-state index in [0.717, 1.165) is 87.7 Å². The molecule has 2 aliphatic heterocycles. The van der Waals surface area contributed by atoms with Gasteiger partial charge in [0.05, 0.1) is 0 Å². The van der Waals surface area contributed by atoms with Crippen LogP contribution in [0.1, 0.15) is 88.7 Å². The monoisotopic (exact) mass is 512 g/mol. The second-order valence-corrected chi connectivity index (χ2v) is 12.4. The van der Waals surface area contributed by atoms with Crippen LogP contribution in [-0.2, 0) is 9.59 Å². The minimum atomic E-state index is -0.402. The molecule has 3 unspecified atom stereocenters. The molecule has 2 N–H and O–H groups in total. The van der Waals surface area contributed by atoms with E-state index < -0.39 is 6.04 Å². The van der Waals surface area contributed by atoms with Gasteiger partial charge >= 0.3 is 0 Å². The van der Waals surface area contributed by atoms with E-state index in [9.17, 15) is 9.59 Å². The molecule has 1 saturated heterocycles. The Hall–Kier alpha value is -2.15. The number of hydrogen-bond acceptors (Lipinski definition) is 4. The third-order valence-corrected chi connectivity index (χ3v) is 9.68. The summed E-state index contributed by atoms with van der Waals surface area (Å²) in [5.74, 6) is 0.349. The first kappa shape index (κ1) is 26.5. The summed E-state index contributed by atoms with van der Waals surface area (Å²) in [6.07, 6.45) is 9.65. The Labute approximate surface area is 221 Å². The Balaban J connectivity index is 1.23. The molecule has 1 aromatic rings. The summed E-state index contributed by atoms with van der Waals surface area (Å²) in [6, 6.07) is 3.83. The van der Waals surface area contributed by atoms with Gasteiger partial charge in [0, 0.05) is 61.3 Å². The molecule has 3 fully saturated rings. The first-order chi connectivity index (χ1) is 17.7. The molecule has 5 rings (SSSR count). The quantitative estimate of drug-likeness (QED) is 0.574. The van der Waals surface area contributed by atoms with Gasteiger partial charge in [0.2, 0.25) is 11.8 Å². The van der Waals surface area contributed by atoms with Crippen LogP contribution in [0.4, 0.5) is 10.1 Å². The number of rotatable bonds is 6. The molecule has 2 saturated carbocycles. The van der Waals surface area contributed by atoms with Gasteiger partial charge in [0.25, 0.3) is 0 Å². The Kier molecular flexibility index (Phi) is 7.80. The fourth-order valence-corrected chi connectivity index (χ4v) is 7.61. The highest BCUT2D eigenvalue weighted by Crippen LogP contribution is 2.48. The van der Waals surface area contributed by atoms with Gasteiger partial charge in [-0.3, -0.25) is 14.5 Å². The van der Waals surface area contributed by atoms with Crippen molar-refractivity contribution in [1.82, 2.24) is 15.1 Å². The third-order valence-electron chi connectivity index (χ3n) is 9.68. The summed E-state index contributed by atoms with van der Waals surface area (Å²) in [5, 5.41) is 6.86. The van der Waals surface area contributed by atoms with E-state index in [0.29, 0.717) is 12.0 Å². The fourth-order valence-electron chi connectivity index (χ4n) is 7.61. The summed E-state index contributed by atoms with van der Waals surface area (Å²) in [5.41, 5.74) is 2.58. The first-order valence-corrected chi connectivity index (χ1v) is 14.6. The van der Waals surface area contributed by atoms with Gasteiger partial charge in [0.15, 0.2) is 0 Å². The van der Waals surface area contributed by atoms with Crippen LogP contribution in [-0.4, -0.2) is 65.9 Å². The highest BCUT2D eigenvalue weighted by Gasteiger charge is 2.45. The molecule has 4 aliphatic rings. The molecule has 6 nitrogen and oxygen atoms in total. The summed E-state index contributed by atoms with van der Waals surface area (Å²) in [6.45, 7) is 7.85. The van der Waals surface area contributed by atoms with Crippen LogP contribution in [0.5, 0.6) is 0 Å². The van der Waals surface area contributed by atoms with E-state index in [1.807, 2.05) is 38.8 Å². The molecular weight excluding hydrogens is 467 g/mol. The van der Waals surface area contributed by atoms with Crippen molar-refractivity contribution in [1.29, 1.82) is 0 Å². The zero-order valence-electron chi connectivity index (χ0n) is 23.1. The fraction of sp³-hybridized carbons (Fsp3) is 0.733. The number of carbonyl (C=O) groups is 2. The maximum atomic E-state index is 15.1. The van der Waals surface area contributed by atoms with Crippen LogP contribution < -0.4 is 10.6 Å². The standard InChI is InChI=1S/C30H45FN4O2/c1-18(2)30(37)34(4)23-14-15-35(17-23)22-11-7-10-21(16-22)32-29(36)28-25(20-8-5-6-9-20)26-24(31)13-12-19(3)27(26)33-28/h12-13,18,20-23,25,28,33H,5-11,14-17H2,1-4H3,(H,32,36)/t21-,22+,23?,25?,28?/m1/s1. The molecule has 204 valence electrons. The van der Waals surface area contributed by atoms with Gasteiger partial charge in [-0.2, -0.15) is 0 Å². The number of benzene rings is 1. The van der Waals surface area contributed by atoms with Gasteiger partial charge in [-0.25, -0.2) is 4.39 Å². The average molecular weight is 513 g/mol. The summed E-state index contributed by atoms with van der Waals surface area (Å²) in [7, 11) is 1.94. The zero-order valence-corrected chi connectivity index (χ0v) is 23.1. The molecule has 2 amide bonds. The van der Waals surface area contributed by atoms with Crippen LogP contribution in [0.15, 0.2) is 12.1 Å². The molecule has 37 heavy (non-hydrogen) atoms. The predicted octanol–water partition coefficient (Wildman–Crippen LogP) is 4.82. The Bertz CT molecular complexity index is 1010. The zero-order chi connectivity index (χ0) is 26.3. The number of nitrogens with zero attached hydrogens (tertiary/aromatic N) is 2. The lowest BCUT2D eigenvalue weighted by atomic mass is 9.80. The van der Waals surface area contributed by atoms with E-state index in [1.165, 1.54) is 0 Å². The molecule has 0 spiro atoms. The van der Waals surface area contributed by atoms with Crippen LogP contribution >= 0.6 is 0 Å². The van der Waals surface area contributed by atoms with Crippen LogP contribution in [0.3, 0.4) is 0 Å². The molecule has 0 radical (unpaired) electrons. The molecule has 5 atom stereocenters. The lowest BCUT2D eigenvalue weighted by molar-refractivity contribution is -0.135. The third kappa shape index (κ3) is 5.25. The second kappa shape index (κ2) is 10.9. The van der Waals surface area contributed by atoms with Crippen molar-refractivity contribution in [3.05, 3.63) is 29.1 Å². The van der Waals surface area contributed by atoms with Crippen LogP contribution in [0.25, 0.3) is 0 Å². The lowest BCUT2D eigenvalue weighted by Gasteiger charge is -2.37. The molecular formula is C30H45FN4O2. The maximum Gasteiger partial charge on any atom is 0.243 e. The van der Waals surface area contributed by atoms with Gasteiger partial charge in [-0.1, -0.05) is 32.8 Å². The number of likely N-dealkylation sites (N-methyl/N-ethyl adjacent to an activating group) is 1. The second-order valence-electron chi connectivity index (χ2n) is 12.4. The largest absolute Gasteiger partial charge is 0.373 e. The smallest absolute Gasteiger partial charge is 0.243 e. The van der Waals surface area contributed by atoms with E-state index in [2.05, 4.69) is 15.5 Å². The highest BCUT2D eigenvalue weighted by molar-refractivity contribution is 5.89. The number of anilines is 1. The molecule has 2 heterocycles. The molecule has 1 aromatic carbocycles. The number of fused-ring (bicyclic) bond motifs is 1. The molecule has 0 aromatic heterocycles. The number of likely N-dealkylation sites (tertiary alicyclic amines) is 1. The lowest BCUT2D eigenvalue weighted by Crippen LogP contribution is -2.50. The first-order valence-electron chi connectivity index (χ1n) is 14.6. The SMILES string of the molecule is Cc1ccc(F)c2c1NC(C(=O)N[C@@H]1CCC[C@H](N3CCC(N(C)C(=O)C(C)C)C3)C1)C2C1CCCC1. The van der Waals surface area contributed by atoms with Gasteiger partial charge < -0.3 is 15.5 Å². The number of amides is 2. The summed E-state index contributed by atoms with van der Waals surface area (Å²) in [4.78, 5) is 30.7. The highest BCUT2D eigenvalue weighted by atomic mass is 19.1. The van der Waals surface area contributed by atoms with Crippen molar-refractivity contribution in [3.63, 3.8) is 0 Å². The van der Waals surface area contributed by atoms with Crippen LogP contribution in [0.2, 0.25) is 0 Å². The Morgan fingerprint density at radius 3 is 2.59 bits per heavy atom. The average Bonchev–Trinajstić information content (AvgIpc) is 3.65. The van der Waals surface area contributed by atoms with Crippen molar-refractivity contribution >= 4 is 17.5 Å². The Morgan fingerprint density at radius 2 is 1.86 bits per heavy atom. The van der Waals surface area contributed by atoms with E-state index in [4.69, 9.17) is 0 Å². The van der Waals surface area contributed by atoms with Crippen molar-refractivity contribution in [2.75, 3.05) is 25.5 Å². The Morgan fingerprint density at radius 1 is 1.11 bits per heavy atom. The number of carbonyl (C=O) groups excluding carboxylic acids is 2. The molecule has 2 aliphatic carbocycles. The van der Waals surface area contributed by atoms with Gasteiger partial charge in [0.1, 0.15) is 11.9 Å². The minimum Gasteiger partial charge on any atom is -0.373 e. The van der Waals surface area contributed by atoms with Crippen molar-refractivity contribution in [3.8, 4) is 0 Å². The maximum absolute atomic E-state index is 15.1. The minimum absolute atomic E-state index is 0.0222. The van der Waals surface area contributed by atoms with Crippen molar-refractivity contribution < 1.29 is 14.0 Å². The van der Waals surface area contributed by atoms with E-state index in [1.54, 1.807) is 6.07 Å². The van der Waals surface area contributed by atoms with Gasteiger partial charge in [-0.15, -0.1) is 0 Å². The summed E-state index contributed by atoms with van der Waals surface area (Å²) < 4.78 is 15.1. The van der Waals surface area contributed by atoms with Crippen molar-refractivity contribution in [2.45, 2.75) is 109 Å². The number of halogens is 1. The van der Waals surface area contributed by atoms with E-state index in [-0.39, 0.29) is 41.6 Å². The number of hydrogen-bond donors (Lipinski definition) is 2.